The van der Waals surface area contributed by atoms with E-state index in [1.165, 1.54) is 0 Å². The van der Waals surface area contributed by atoms with Crippen molar-refractivity contribution in [3.63, 3.8) is 0 Å². The summed E-state index contributed by atoms with van der Waals surface area (Å²) >= 11 is 0. The predicted molar refractivity (Wildman–Crippen MR) is 80.0 cm³/mol. The van der Waals surface area contributed by atoms with E-state index in [4.69, 9.17) is 14.8 Å². The first kappa shape index (κ1) is 17.0. The molecule has 0 unspecified atom stereocenters. The summed E-state index contributed by atoms with van der Waals surface area (Å²) in [7, 11) is -4.73. The third-order valence-corrected chi connectivity index (χ3v) is 5.64. The van der Waals surface area contributed by atoms with Crippen LogP contribution in [0, 0.1) is 6.92 Å². The van der Waals surface area contributed by atoms with Crippen LogP contribution in [0.4, 0.5) is 0 Å². The van der Waals surface area contributed by atoms with Gasteiger partial charge >= 0.3 is 7.12 Å². The molecule has 0 radical (unpaired) electrons. The largest absolute Gasteiger partial charge is 0.493 e. The maximum absolute atomic E-state index is 11.9. The van der Waals surface area contributed by atoms with Gasteiger partial charge in [0.2, 0.25) is 0 Å². The van der Waals surface area contributed by atoms with E-state index in [1.54, 1.807) is 45.9 Å². The molecule has 0 aliphatic heterocycles. The minimum Gasteiger partial charge on any atom is -0.493 e. The summed E-state index contributed by atoms with van der Waals surface area (Å²) < 4.78 is 28.4. The smallest absolute Gasteiger partial charge is 0.488 e. The van der Waals surface area contributed by atoms with Crippen LogP contribution in [0.2, 0.25) is 0 Å². The third-order valence-electron chi connectivity index (χ3n) is 3.07. The first-order chi connectivity index (χ1) is 9.04. The molecule has 0 spiro atoms. The van der Waals surface area contributed by atoms with Crippen LogP contribution >= 0.6 is 0 Å². The van der Waals surface area contributed by atoms with Gasteiger partial charge in [-0.15, -0.1) is 0 Å². The van der Waals surface area contributed by atoms with Gasteiger partial charge in [-0.3, -0.25) is 0 Å². The SMILES string of the molecule is Cc1cc(OCCS(=O)(=O)C(C)(C)C)ccc1B(O)O. The van der Waals surface area contributed by atoms with Crippen LogP contribution in [-0.4, -0.2) is 42.7 Å². The van der Waals surface area contributed by atoms with Crippen molar-refractivity contribution in [3.8, 4) is 5.75 Å². The van der Waals surface area contributed by atoms with E-state index in [0.29, 0.717) is 16.8 Å². The lowest BCUT2D eigenvalue weighted by Crippen LogP contribution is -2.33. The minimum atomic E-state index is -3.20. The Morgan fingerprint density at radius 3 is 2.30 bits per heavy atom. The summed E-state index contributed by atoms with van der Waals surface area (Å²) in [5.74, 6) is 0.455. The second-order valence-corrected chi connectivity index (χ2v) is 8.53. The maximum Gasteiger partial charge on any atom is 0.488 e. The molecule has 5 nitrogen and oxygen atoms in total. The molecular weight excluding hydrogens is 279 g/mol. The highest BCUT2D eigenvalue weighted by atomic mass is 32.2. The Morgan fingerprint density at radius 1 is 1.25 bits per heavy atom. The monoisotopic (exact) mass is 300 g/mol. The summed E-state index contributed by atoms with van der Waals surface area (Å²) in [5, 5.41) is 18.2. The van der Waals surface area contributed by atoms with E-state index in [0.717, 1.165) is 0 Å². The van der Waals surface area contributed by atoms with Crippen molar-refractivity contribution >= 4 is 22.4 Å². The number of rotatable bonds is 5. The van der Waals surface area contributed by atoms with Crippen LogP contribution in [0.15, 0.2) is 18.2 Å². The zero-order chi connectivity index (χ0) is 15.6. The fraction of sp³-hybridized carbons (Fsp3) is 0.538. The van der Waals surface area contributed by atoms with Gasteiger partial charge < -0.3 is 14.8 Å². The molecule has 0 amide bonds. The normalized spacial score (nSPS) is 12.3. The zero-order valence-corrected chi connectivity index (χ0v) is 13.1. The van der Waals surface area contributed by atoms with Gasteiger partial charge in [-0.05, 0) is 50.9 Å². The number of sulfone groups is 1. The molecule has 7 heteroatoms. The van der Waals surface area contributed by atoms with Gasteiger partial charge in [0.05, 0.1) is 10.5 Å². The van der Waals surface area contributed by atoms with E-state index < -0.39 is 21.7 Å². The Bertz CT molecular complexity index is 561. The Hall–Kier alpha value is -1.05. The van der Waals surface area contributed by atoms with Crippen LogP contribution in [0.5, 0.6) is 5.75 Å². The molecule has 112 valence electrons. The molecule has 0 fully saturated rings. The molecule has 0 saturated heterocycles. The van der Waals surface area contributed by atoms with Gasteiger partial charge in [0.1, 0.15) is 12.4 Å². The molecular formula is C13H21BO5S. The third kappa shape index (κ3) is 4.23. The molecule has 0 saturated carbocycles. The average molecular weight is 300 g/mol. The number of benzene rings is 1. The van der Waals surface area contributed by atoms with Crippen molar-refractivity contribution in [2.24, 2.45) is 0 Å². The maximum atomic E-state index is 11.9. The summed E-state index contributed by atoms with van der Waals surface area (Å²) in [4.78, 5) is 0. The highest BCUT2D eigenvalue weighted by Gasteiger charge is 2.28. The van der Waals surface area contributed by atoms with Crippen molar-refractivity contribution in [1.82, 2.24) is 0 Å². The van der Waals surface area contributed by atoms with Crippen LogP contribution in [0.3, 0.4) is 0 Å². The van der Waals surface area contributed by atoms with Crippen molar-refractivity contribution in [2.45, 2.75) is 32.4 Å². The number of ether oxygens (including phenoxy) is 1. The molecule has 1 aromatic rings. The fourth-order valence-electron chi connectivity index (χ4n) is 1.60. The quantitative estimate of drug-likeness (QED) is 0.763. The Balaban J connectivity index is 2.66. The van der Waals surface area contributed by atoms with Gasteiger partial charge in [-0.1, -0.05) is 6.07 Å². The molecule has 0 bridgehead atoms. The molecule has 1 aromatic carbocycles. The van der Waals surface area contributed by atoms with Crippen LogP contribution in [-0.2, 0) is 9.84 Å². The molecule has 0 aliphatic carbocycles. The van der Waals surface area contributed by atoms with Crippen molar-refractivity contribution in [2.75, 3.05) is 12.4 Å². The highest BCUT2D eigenvalue weighted by molar-refractivity contribution is 7.92. The molecule has 1 rings (SSSR count). The zero-order valence-electron chi connectivity index (χ0n) is 12.3. The molecule has 0 atom stereocenters. The Labute approximate surface area is 120 Å². The lowest BCUT2D eigenvalue weighted by molar-refractivity contribution is 0.339. The molecule has 20 heavy (non-hydrogen) atoms. The number of hydrogen-bond acceptors (Lipinski definition) is 5. The van der Waals surface area contributed by atoms with Gasteiger partial charge in [-0.2, -0.15) is 0 Å². The van der Waals surface area contributed by atoms with E-state index in [1.807, 2.05) is 0 Å². The minimum absolute atomic E-state index is 0.0556. The average Bonchev–Trinajstić information content (AvgIpc) is 2.26. The van der Waals surface area contributed by atoms with E-state index in [9.17, 15) is 8.42 Å². The van der Waals surface area contributed by atoms with Crippen molar-refractivity contribution in [1.29, 1.82) is 0 Å². The molecule has 2 N–H and O–H groups in total. The molecule has 0 heterocycles. The van der Waals surface area contributed by atoms with E-state index >= 15 is 0 Å². The highest BCUT2D eigenvalue weighted by Crippen LogP contribution is 2.17. The topological polar surface area (TPSA) is 83.8 Å². The lowest BCUT2D eigenvalue weighted by atomic mass is 9.77. The first-order valence-electron chi connectivity index (χ1n) is 6.36. The van der Waals surface area contributed by atoms with E-state index in [2.05, 4.69) is 0 Å². The Morgan fingerprint density at radius 2 is 1.85 bits per heavy atom. The lowest BCUT2D eigenvalue weighted by Gasteiger charge is -2.19. The molecule has 0 aromatic heterocycles. The van der Waals surface area contributed by atoms with Crippen molar-refractivity contribution < 1.29 is 23.2 Å². The standard InChI is InChI=1S/C13H21BO5S/c1-10-9-11(5-6-12(10)14(15)16)19-7-8-20(17,18)13(2,3)4/h5-6,9,15-16H,7-8H2,1-4H3. The van der Waals surface area contributed by atoms with Gasteiger partial charge in [0.15, 0.2) is 9.84 Å². The number of hydrogen-bond donors (Lipinski definition) is 2. The van der Waals surface area contributed by atoms with Crippen molar-refractivity contribution in [3.05, 3.63) is 23.8 Å². The fourth-order valence-corrected chi connectivity index (χ4v) is 2.52. The summed E-state index contributed by atoms with van der Waals surface area (Å²) in [5.41, 5.74) is 1.08. The van der Waals surface area contributed by atoms with Gasteiger partial charge in [-0.25, -0.2) is 8.42 Å². The van der Waals surface area contributed by atoms with Crippen LogP contribution in [0.25, 0.3) is 0 Å². The van der Waals surface area contributed by atoms with Gasteiger partial charge in [0, 0.05) is 0 Å². The Kier molecular flexibility index (Phi) is 5.24. The second-order valence-electron chi connectivity index (χ2n) is 5.67. The van der Waals surface area contributed by atoms with Crippen LogP contribution in [0.1, 0.15) is 26.3 Å². The summed E-state index contributed by atoms with van der Waals surface area (Å²) in [6.07, 6.45) is 0. The van der Waals surface area contributed by atoms with E-state index in [-0.39, 0.29) is 12.4 Å². The first-order valence-corrected chi connectivity index (χ1v) is 8.01. The summed E-state index contributed by atoms with van der Waals surface area (Å²) in [6, 6.07) is 4.79. The summed E-state index contributed by atoms with van der Waals surface area (Å²) in [6.45, 7) is 6.77. The van der Waals surface area contributed by atoms with Crippen LogP contribution < -0.4 is 10.2 Å². The number of aryl methyl sites for hydroxylation is 1. The predicted octanol–water partition coefficient (Wildman–Crippen LogP) is 0.267. The second kappa shape index (κ2) is 6.16. The molecule has 0 aliphatic rings. The van der Waals surface area contributed by atoms with Gasteiger partial charge in [0.25, 0.3) is 0 Å².